The number of hydrogen-bond donors (Lipinski definition) is 1. The molecule has 0 heterocycles. The summed E-state index contributed by atoms with van der Waals surface area (Å²) in [7, 11) is 1.83. The fourth-order valence-corrected chi connectivity index (χ4v) is 1.76. The highest BCUT2D eigenvalue weighted by Crippen LogP contribution is 2.08. The topological polar surface area (TPSA) is 32.3 Å². The minimum atomic E-state index is -0.248. The Labute approximate surface area is 108 Å². The van der Waals surface area contributed by atoms with Crippen molar-refractivity contribution >= 4 is 5.91 Å². The molecule has 1 N–H and O–H groups in total. The van der Waals surface area contributed by atoms with Gasteiger partial charge in [-0.3, -0.25) is 4.79 Å². The third kappa shape index (κ3) is 4.84. The molecule has 3 nitrogen and oxygen atoms in total. The Balaban J connectivity index is 2.61. The molecule has 1 amide bonds. The quantitative estimate of drug-likeness (QED) is 0.806. The molecule has 0 aliphatic carbocycles. The predicted octanol–water partition coefficient (Wildman–Crippen LogP) is 2.17. The summed E-state index contributed by atoms with van der Waals surface area (Å²) in [5.41, 5.74) is 0.961. The van der Waals surface area contributed by atoms with Gasteiger partial charge in [0, 0.05) is 26.1 Å². The van der Waals surface area contributed by atoms with Crippen LogP contribution < -0.4 is 5.32 Å². The third-order valence-corrected chi connectivity index (χ3v) is 2.72. The van der Waals surface area contributed by atoms with E-state index in [4.69, 9.17) is 0 Å². The van der Waals surface area contributed by atoms with Crippen molar-refractivity contribution in [2.75, 3.05) is 20.1 Å². The lowest BCUT2D eigenvalue weighted by molar-refractivity contribution is -0.131. The molecule has 0 aliphatic heterocycles. The first-order chi connectivity index (χ1) is 8.67. The number of nitrogens with one attached hydrogen (secondary N) is 1. The number of nitrogens with zero attached hydrogens (tertiary/aromatic N) is 1. The van der Waals surface area contributed by atoms with Crippen molar-refractivity contribution in [3.05, 3.63) is 35.6 Å². The van der Waals surface area contributed by atoms with Gasteiger partial charge in [-0.25, -0.2) is 4.39 Å². The summed E-state index contributed by atoms with van der Waals surface area (Å²) in [4.78, 5) is 13.8. The fraction of sp³-hybridized carbons (Fsp3) is 0.500. The van der Waals surface area contributed by atoms with Crippen LogP contribution in [0.2, 0.25) is 0 Å². The molecule has 0 radical (unpaired) electrons. The predicted molar refractivity (Wildman–Crippen MR) is 70.7 cm³/mol. The van der Waals surface area contributed by atoms with Gasteiger partial charge in [0.2, 0.25) is 5.91 Å². The second-order valence-electron chi connectivity index (χ2n) is 4.30. The van der Waals surface area contributed by atoms with Gasteiger partial charge in [0.1, 0.15) is 5.82 Å². The fourth-order valence-electron chi connectivity index (χ4n) is 1.76. The van der Waals surface area contributed by atoms with E-state index in [-0.39, 0.29) is 11.7 Å². The van der Waals surface area contributed by atoms with E-state index in [1.165, 1.54) is 12.1 Å². The summed E-state index contributed by atoms with van der Waals surface area (Å²) in [6, 6.07) is 6.31. The SMILES string of the molecule is CCCN(Cc1ccc(F)cc1)C(=O)CCNC. The van der Waals surface area contributed by atoms with E-state index in [1.54, 1.807) is 12.1 Å². The van der Waals surface area contributed by atoms with E-state index in [0.29, 0.717) is 19.5 Å². The molecule has 1 aromatic carbocycles. The van der Waals surface area contributed by atoms with Crippen LogP contribution in [0.4, 0.5) is 4.39 Å². The van der Waals surface area contributed by atoms with Crippen LogP contribution in [-0.4, -0.2) is 30.9 Å². The molecular weight excluding hydrogens is 231 g/mol. The molecular formula is C14H21FN2O. The Bertz CT molecular complexity index is 365. The van der Waals surface area contributed by atoms with Crippen LogP contribution in [0.5, 0.6) is 0 Å². The van der Waals surface area contributed by atoms with Crippen molar-refractivity contribution in [1.29, 1.82) is 0 Å². The number of halogens is 1. The van der Waals surface area contributed by atoms with Crippen molar-refractivity contribution in [2.45, 2.75) is 26.3 Å². The number of carbonyl (C=O) groups excluding carboxylic acids is 1. The van der Waals surface area contributed by atoms with Gasteiger partial charge in [0.25, 0.3) is 0 Å². The Morgan fingerprint density at radius 3 is 2.56 bits per heavy atom. The lowest BCUT2D eigenvalue weighted by Gasteiger charge is -2.22. The van der Waals surface area contributed by atoms with E-state index >= 15 is 0 Å². The van der Waals surface area contributed by atoms with Crippen LogP contribution in [0.1, 0.15) is 25.3 Å². The summed E-state index contributed by atoms with van der Waals surface area (Å²) in [6.07, 6.45) is 1.42. The average Bonchev–Trinajstić information content (AvgIpc) is 2.38. The zero-order valence-electron chi connectivity index (χ0n) is 11.1. The second-order valence-corrected chi connectivity index (χ2v) is 4.30. The molecule has 0 bridgehead atoms. The minimum absolute atomic E-state index is 0.135. The zero-order chi connectivity index (χ0) is 13.4. The summed E-state index contributed by atoms with van der Waals surface area (Å²) >= 11 is 0. The molecule has 0 aliphatic rings. The maximum atomic E-state index is 12.8. The number of amides is 1. The van der Waals surface area contributed by atoms with E-state index in [0.717, 1.165) is 18.5 Å². The maximum Gasteiger partial charge on any atom is 0.224 e. The summed E-state index contributed by atoms with van der Waals surface area (Å²) in [5.74, 6) is -0.113. The first-order valence-corrected chi connectivity index (χ1v) is 6.34. The van der Waals surface area contributed by atoms with Crippen LogP contribution in [-0.2, 0) is 11.3 Å². The smallest absolute Gasteiger partial charge is 0.224 e. The highest BCUT2D eigenvalue weighted by molar-refractivity contribution is 5.76. The third-order valence-electron chi connectivity index (χ3n) is 2.72. The van der Waals surface area contributed by atoms with Gasteiger partial charge in [0.15, 0.2) is 0 Å². The monoisotopic (exact) mass is 252 g/mol. The average molecular weight is 252 g/mol. The van der Waals surface area contributed by atoms with Gasteiger partial charge in [0.05, 0.1) is 0 Å². The highest BCUT2D eigenvalue weighted by Gasteiger charge is 2.12. The number of rotatable bonds is 7. The summed E-state index contributed by atoms with van der Waals surface area (Å²) in [5, 5.41) is 2.97. The normalized spacial score (nSPS) is 10.4. The molecule has 0 saturated carbocycles. The number of benzene rings is 1. The Hall–Kier alpha value is -1.42. The maximum absolute atomic E-state index is 12.8. The standard InChI is InChI=1S/C14H21FN2O/c1-3-10-17(14(18)8-9-16-2)11-12-4-6-13(15)7-5-12/h4-7,16H,3,8-11H2,1-2H3. The first-order valence-electron chi connectivity index (χ1n) is 6.34. The molecule has 0 atom stereocenters. The lowest BCUT2D eigenvalue weighted by atomic mass is 10.2. The van der Waals surface area contributed by atoms with Crippen molar-refractivity contribution < 1.29 is 9.18 Å². The largest absolute Gasteiger partial charge is 0.338 e. The van der Waals surface area contributed by atoms with E-state index < -0.39 is 0 Å². The second kappa shape index (κ2) is 7.82. The van der Waals surface area contributed by atoms with Gasteiger partial charge >= 0.3 is 0 Å². The van der Waals surface area contributed by atoms with Crippen LogP contribution in [0.25, 0.3) is 0 Å². The zero-order valence-corrected chi connectivity index (χ0v) is 11.1. The minimum Gasteiger partial charge on any atom is -0.338 e. The number of hydrogen-bond acceptors (Lipinski definition) is 2. The van der Waals surface area contributed by atoms with Crippen LogP contribution in [0.15, 0.2) is 24.3 Å². The van der Waals surface area contributed by atoms with Gasteiger partial charge < -0.3 is 10.2 Å². The molecule has 0 aromatic heterocycles. The van der Waals surface area contributed by atoms with Crippen molar-refractivity contribution in [3.63, 3.8) is 0 Å². The van der Waals surface area contributed by atoms with Crippen LogP contribution >= 0.6 is 0 Å². The molecule has 0 spiro atoms. The van der Waals surface area contributed by atoms with Crippen molar-refractivity contribution in [1.82, 2.24) is 10.2 Å². The lowest BCUT2D eigenvalue weighted by Crippen LogP contribution is -2.33. The number of carbonyl (C=O) groups is 1. The van der Waals surface area contributed by atoms with Crippen molar-refractivity contribution in [3.8, 4) is 0 Å². The van der Waals surface area contributed by atoms with E-state index in [2.05, 4.69) is 5.32 Å². The van der Waals surface area contributed by atoms with Gasteiger partial charge in [-0.2, -0.15) is 0 Å². The van der Waals surface area contributed by atoms with Gasteiger partial charge in [-0.15, -0.1) is 0 Å². The Morgan fingerprint density at radius 2 is 2.00 bits per heavy atom. The molecule has 18 heavy (non-hydrogen) atoms. The van der Waals surface area contributed by atoms with Crippen molar-refractivity contribution in [2.24, 2.45) is 0 Å². The molecule has 100 valence electrons. The molecule has 0 unspecified atom stereocenters. The molecule has 1 aromatic rings. The van der Waals surface area contributed by atoms with E-state index in [9.17, 15) is 9.18 Å². The Morgan fingerprint density at radius 1 is 1.33 bits per heavy atom. The summed E-state index contributed by atoms with van der Waals surface area (Å²) < 4.78 is 12.8. The first kappa shape index (κ1) is 14.6. The molecule has 0 saturated heterocycles. The van der Waals surface area contributed by atoms with Gasteiger partial charge in [-0.1, -0.05) is 19.1 Å². The van der Waals surface area contributed by atoms with Crippen LogP contribution in [0.3, 0.4) is 0 Å². The van der Waals surface area contributed by atoms with Crippen LogP contribution in [0, 0.1) is 5.82 Å². The molecule has 4 heteroatoms. The molecule has 0 fully saturated rings. The van der Waals surface area contributed by atoms with Gasteiger partial charge in [-0.05, 0) is 31.2 Å². The molecule has 1 rings (SSSR count). The Kier molecular flexibility index (Phi) is 6.36. The highest BCUT2D eigenvalue weighted by atomic mass is 19.1. The van der Waals surface area contributed by atoms with E-state index in [1.807, 2.05) is 18.9 Å². The summed E-state index contributed by atoms with van der Waals surface area (Å²) in [6.45, 7) is 4.02.